The number of hydrogen-bond donors (Lipinski definition) is 0. The van der Waals surface area contributed by atoms with E-state index in [1.807, 2.05) is 17.7 Å². The van der Waals surface area contributed by atoms with Gasteiger partial charge in [-0.25, -0.2) is 13.4 Å². The van der Waals surface area contributed by atoms with Gasteiger partial charge in [-0.1, -0.05) is 103 Å². The van der Waals surface area contributed by atoms with Crippen LogP contribution in [0, 0.1) is 0 Å². The molecule has 7 heteroatoms. The van der Waals surface area contributed by atoms with E-state index in [1.165, 1.54) is 89.5 Å². The van der Waals surface area contributed by atoms with E-state index >= 15 is 0 Å². The summed E-state index contributed by atoms with van der Waals surface area (Å²) in [7, 11) is -2.62. The van der Waals surface area contributed by atoms with Crippen molar-refractivity contribution in [3.63, 3.8) is 0 Å². The number of unbranched alkanes of at least 4 members (excludes halogenated alkanes) is 14. The first kappa shape index (κ1) is 29.6. The summed E-state index contributed by atoms with van der Waals surface area (Å²) in [5.41, 5.74) is 1.00. The Morgan fingerprint density at radius 2 is 1.28 bits per heavy atom. The van der Waals surface area contributed by atoms with Gasteiger partial charge in [-0.05, 0) is 18.6 Å². The first-order valence-corrected chi connectivity index (χ1v) is 13.8. The van der Waals surface area contributed by atoms with Crippen LogP contribution in [0.3, 0.4) is 0 Å². The molecule has 0 amide bonds. The van der Waals surface area contributed by atoms with Gasteiger partial charge in [0.25, 0.3) is 0 Å². The Kier molecular flexibility index (Phi) is 15.1. The summed E-state index contributed by atoms with van der Waals surface area (Å²) in [5, 5.41) is 0. The summed E-state index contributed by atoms with van der Waals surface area (Å²) in [5.74, 6) is 0.848. The van der Waals surface area contributed by atoms with Crippen molar-refractivity contribution in [2.45, 2.75) is 115 Å². The van der Waals surface area contributed by atoms with Crippen molar-refractivity contribution in [2.75, 3.05) is 0 Å². The number of rotatable bonds is 17. The van der Waals surface area contributed by atoms with Crippen LogP contribution in [0.25, 0.3) is 11.0 Å². The topological polar surface area (TPSA) is 75.0 Å². The molecule has 0 aliphatic carbocycles. The van der Waals surface area contributed by atoms with Gasteiger partial charge in [-0.3, -0.25) is 0 Å². The van der Waals surface area contributed by atoms with Crippen molar-refractivity contribution in [2.24, 2.45) is 7.05 Å². The van der Waals surface area contributed by atoms with E-state index in [2.05, 4.69) is 11.9 Å². The summed E-state index contributed by atoms with van der Waals surface area (Å²) in [6, 6.07) is 4.76. The van der Waals surface area contributed by atoms with Gasteiger partial charge in [-0.2, -0.15) is 0 Å². The molecule has 0 atom stereocenters. The zero-order valence-corrected chi connectivity index (χ0v) is 23.4. The van der Waals surface area contributed by atoms with Crippen LogP contribution in [-0.2, 0) is 23.6 Å². The van der Waals surface area contributed by atoms with Gasteiger partial charge in [0.2, 0.25) is 0 Å². The van der Waals surface area contributed by atoms with E-state index in [-0.39, 0.29) is 34.5 Å². The van der Waals surface area contributed by atoms with Crippen LogP contribution < -0.4 is 29.6 Å². The van der Waals surface area contributed by atoms with Gasteiger partial charge in [0.1, 0.15) is 21.5 Å². The van der Waals surface area contributed by atoms with Gasteiger partial charge >= 0.3 is 29.6 Å². The van der Waals surface area contributed by atoms with Gasteiger partial charge < -0.3 is 9.12 Å². The van der Waals surface area contributed by atoms with Crippen molar-refractivity contribution in [3.8, 4) is 0 Å². The zero-order valence-electron chi connectivity index (χ0n) is 20.6. The number of aromatic nitrogens is 2. The van der Waals surface area contributed by atoms with Crippen molar-refractivity contribution in [1.82, 2.24) is 9.55 Å². The second-order valence-electron chi connectivity index (χ2n) is 8.86. The summed E-state index contributed by atoms with van der Waals surface area (Å²) in [6.07, 6.45) is 20.8. The van der Waals surface area contributed by atoms with Crippen LogP contribution >= 0.6 is 0 Å². The molecule has 1 aromatic carbocycles. The smallest absolute Gasteiger partial charge is 0.744 e. The Morgan fingerprint density at radius 1 is 0.812 bits per heavy atom. The molecule has 0 unspecified atom stereocenters. The quantitative estimate of drug-likeness (QED) is 0.199. The summed E-state index contributed by atoms with van der Waals surface area (Å²) in [6.45, 7) is 2.27. The van der Waals surface area contributed by atoms with Crippen molar-refractivity contribution in [1.29, 1.82) is 0 Å². The summed E-state index contributed by atoms with van der Waals surface area (Å²) in [4.78, 5) is 4.25. The Hall–Kier alpha value is -0.400. The second-order valence-corrected chi connectivity index (χ2v) is 10.2. The molecule has 1 aromatic heterocycles. The minimum atomic E-state index is -4.51. The van der Waals surface area contributed by atoms with Crippen LogP contribution in [-0.4, -0.2) is 22.5 Å². The van der Waals surface area contributed by atoms with Gasteiger partial charge in [0.05, 0.1) is 10.4 Å². The predicted molar refractivity (Wildman–Crippen MR) is 127 cm³/mol. The molecule has 0 N–H and O–H groups in total. The minimum absolute atomic E-state index is 0. The summed E-state index contributed by atoms with van der Waals surface area (Å²) < 4.78 is 36.3. The zero-order chi connectivity index (χ0) is 22.5. The Morgan fingerprint density at radius 3 is 1.75 bits per heavy atom. The van der Waals surface area contributed by atoms with Crippen LogP contribution in [0.4, 0.5) is 0 Å². The fourth-order valence-corrected chi connectivity index (χ4v) is 4.95. The monoisotopic (exact) mass is 472 g/mol. The molecule has 0 saturated carbocycles. The van der Waals surface area contributed by atoms with E-state index in [9.17, 15) is 13.0 Å². The number of para-hydroxylation sites is 1. The standard InChI is InChI=1S/C25H42N2O3S.Na/c1-3-4-5-6-7-8-9-10-11-12-13-14-15-16-17-21-24-26-25-22(27(24)2)19-18-20-23(25)31(28,29)30;/h18-20H,3-17,21H2,1-2H3,(H,28,29,30);/q;+1/p-1. The minimum Gasteiger partial charge on any atom is -0.744 e. The maximum absolute atomic E-state index is 11.5. The maximum Gasteiger partial charge on any atom is 1.00 e. The van der Waals surface area contributed by atoms with Crippen LogP contribution in [0.1, 0.15) is 109 Å². The fourth-order valence-electron chi connectivity index (χ4n) is 4.32. The first-order valence-electron chi connectivity index (χ1n) is 12.4. The molecule has 0 spiro atoms. The van der Waals surface area contributed by atoms with Crippen LogP contribution in [0.2, 0.25) is 0 Å². The van der Waals surface area contributed by atoms with E-state index in [1.54, 1.807) is 6.07 Å². The number of benzene rings is 1. The third-order valence-electron chi connectivity index (χ3n) is 6.24. The van der Waals surface area contributed by atoms with Gasteiger partial charge in [0, 0.05) is 13.5 Å². The average molecular weight is 473 g/mol. The molecule has 0 fully saturated rings. The van der Waals surface area contributed by atoms with Crippen molar-refractivity contribution >= 4 is 21.2 Å². The van der Waals surface area contributed by atoms with E-state index < -0.39 is 10.1 Å². The summed E-state index contributed by atoms with van der Waals surface area (Å²) >= 11 is 0. The second kappa shape index (κ2) is 16.3. The van der Waals surface area contributed by atoms with Crippen LogP contribution in [0.5, 0.6) is 0 Å². The maximum atomic E-state index is 11.5. The molecule has 1 heterocycles. The molecule has 32 heavy (non-hydrogen) atoms. The predicted octanol–water partition coefficient (Wildman–Crippen LogP) is 3.90. The van der Waals surface area contributed by atoms with Gasteiger partial charge in [0.15, 0.2) is 0 Å². The number of imidazole rings is 1. The number of aryl methyl sites for hydroxylation is 2. The Labute approximate surface area is 217 Å². The number of fused-ring (bicyclic) bond motifs is 1. The van der Waals surface area contributed by atoms with E-state index in [0.29, 0.717) is 11.0 Å². The molecular weight excluding hydrogens is 431 g/mol. The molecule has 0 aliphatic rings. The molecule has 0 radical (unpaired) electrons. The van der Waals surface area contributed by atoms with Gasteiger partial charge in [-0.15, -0.1) is 0 Å². The molecule has 0 bridgehead atoms. The molecular formula is C25H41N2NaO3S. The van der Waals surface area contributed by atoms with Crippen molar-refractivity contribution in [3.05, 3.63) is 24.0 Å². The molecule has 176 valence electrons. The Bertz CT molecular complexity index is 881. The average Bonchev–Trinajstić information content (AvgIpc) is 3.06. The molecule has 0 aliphatic heterocycles. The van der Waals surface area contributed by atoms with Crippen molar-refractivity contribution < 1.29 is 42.5 Å². The molecule has 5 nitrogen and oxygen atoms in total. The SMILES string of the molecule is CCCCCCCCCCCCCCCCCc1nc2c(S(=O)(=O)[O-])cccc2n1C.[Na+]. The molecule has 2 aromatic rings. The van der Waals surface area contributed by atoms with E-state index in [4.69, 9.17) is 0 Å². The largest absolute Gasteiger partial charge is 1.00 e. The first-order chi connectivity index (χ1) is 14.9. The normalized spacial score (nSPS) is 11.7. The van der Waals surface area contributed by atoms with E-state index in [0.717, 1.165) is 25.1 Å². The molecule has 2 rings (SSSR count). The third-order valence-corrected chi connectivity index (χ3v) is 7.11. The van der Waals surface area contributed by atoms with Crippen LogP contribution in [0.15, 0.2) is 23.1 Å². The molecule has 0 saturated heterocycles. The number of nitrogens with zero attached hydrogens (tertiary/aromatic N) is 2. The third kappa shape index (κ3) is 10.3. The fraction of sp³-hybridized carbons (Fsp3) is 0.720. The number of hydrogen-bond acceptors (Lipinski definition) is 4. The Balaban J connectivity index is 0.00000512.